The van der Waals surface area contributed by atoms with E-state index in [0.717, 1.165) is 32.1 Å². The molecule has 21 heteroatoms. The molecule has 8 aliphatic rings. The van der Waals surface area contributed by atoms with E-state index >= 15 is 0 Å². The van der Waals surface area contributed by atoms with Gasteiger partial charge in [0.15, 0.2) is 31.3 Å². The zero-order valence-electron chi connectivity index (χ0n) is 43.7. The zero-order chi connectivity index (χ0) is 53.1. The molecular formula is C52H84O21. The molecule has 0 aromatic rings. The lowest BCUT2D eigenvalue weighted by Crippen LogP contribution is -2.63. The van der Waals surface area contributed by atoms with E-state index in [1.54, 1.807) is 34.0 Å². The highest BCUT2D eigenvalue weighted by atomic mass is 16.8. The van der Waals surface area contributed by atoms with E-state index in [4.69, 9.17) is 52.1 Å². The lowest BCUT2D eigenvalue weighted by Gasteiger charge is -2.61. The molecule has 4 aliphatic carbocycles. The van der Waals surface area contributed by atoms with Crippen molar-refractivity contribution >= 4 is 5.97 Å². The average molecular weight is 1050 g/mol. The van der Waals surface area contributed by atoms with Crippen LogP contribution in [0.15, 0.2) is 23.3 Å². The van der Waals surface area contributed by atoms with Gasteiger partial charge in [0.05, 0.1) is 49.3 Å². The molecule has 0 aromatic carbocycles. The number of carbonyl (C=O) groups excluding carboxylic acids is 1. The average Bonchev–Trinajstić information content (AvgIpc) is 3.65. The standard InChI is InChI=1S/C52H84O21/c1-10-23(2)46(61)72-44-26(5)68-49(42(60)45(44)64-9)73-43-25(4)66-35(20-32(43)63-8)69-28-13-16-50(6)27(19-28)11-12-31-30(50)14-17-51(7)29(15-18-52(31,51)62)24(3)67-48-41(59)39(57)37(55)34(71-48)22-65-47-40(58)38(56)36(54)33(21-53)70-47/h10-11,24-26,28-45,47-49,53-60,62H,12-22H2,1-9H3/b23-10+/t24-,25+,26+,28-,29+,30-,31+,32+,33+,34+,35-,36-,37-,38-,39-,40+,41+,42+,43+,44+,45+,47+,48+,49-,50-,51+,52-/m0/s1. The van der Waals surface area contributed by atoms with Crippen LogP contribution < -0.4 is 0 Å². The van der Waals surface area contributed by atoms with Crippen LogP contribution in [0.25, 0.3) is 0 Å². The number of carbonyl (C=O) groups is 1. The monoisotopic (exact) mass is 1040 g/mol. The van der Waals surface area contributed by atoms with Crippen molar-refractivity contribution in [2.24, 2.45) is 28.6 Å². The van der Waals surface area contributed by atoms with Crippen molar-refractivity contribution in [3.63, 3.8) is 0 Å². The fourth-order valence-corrected chi connectivity index (χ4v) is 14.1. The summed E-state index contributed by atoms with van der Waals surface area (Å²) in [5.41, 5.74) is 0.0385. The van der Waals surface area contributed by atoms with Gasteiger partial charge in [0.25, 0.3) is 0 Å². The first kappa shape index (κ1) is 57.4. The number of esters is 1. The summed E-state index contributed by atoms with van der Waals surface area (Å²) >= 11 is 0. The Hall–Kier alpha value is -1.81. The van der Waals surface area contributed by atoms with E-state index in [1.807, 2.05) is 13.8 Å². The second-order valence-electron chi connectivity index (χ2n) is 22.6. The first-order valence-corrected chi connectivity index (χ1v) is 26.4. The van der Waals surface area contributed by atoms with Gasteiger partial charge < -0.3 is 98.1 Å². The summed E-state index contributed by atoms with van der Waals surface area (Å²) < 4.78 is 66.4. The molecule has 8 rings (SSSR count). The van der Waals surface area contributed by atoms with E-state index in [2.05, 4.69) is 19.9 Å². The molecule has 0 amide bonds. The van der Waals surface area contributed by atoms with E-state index in [9.17, 15) is 50.8 Å². The topological polar surface area (TPSA) is 301 Å². The first-order valence-electron chi connectivity index (χ1n) is 26.4. The second kappa shape index (κ2) is 22.9. The van der Waals surface area contributed by atoms with Crippen LogP contribution in [0.5, 0.6) is 0 Å². The number of allylic oxidation sites excluding steroid dienone is 2. The van der Waals surface area contributed by atoms with Crippen molar-refractivity contribution in [3.8, 4) is 0 Å². The van der Waals surface area contributed by atoms with Gasteiger partial charge in [-0.05, 0) is 109 Å². The number of rotatable bonds is 15. The van der Waals surface area contributed by atoms with Crippen LogP contribution in [0, 0.1) is 28.6 Å². The lowest BCUT2D eigenvalue weighted by molar-refractivity contribution is -0.343. The zero-order valence-corrected chi connectivity index (χ0v) is 43.7. The molecule has 418 valence electrons. The fourth-order valence-electron chi connectivity index (χ4n) is 14.1. The minimum absolute atomic E-state index is 0.00819. The number of hydrogen-bond donors (Lipinski definition) is 9. The number of aliphatic hydroxyl groups is 9. The van der Waals surface area contributed by atoms with Crippen LogP contribution in [0.4, 0.5) is 0 Å². The highest BCUT2D eigenvalue weighted by Gasteiger charge is 2.67. The summed E-state index contributed by atoms with van der Waals surface area (Å²) in [7, 11) is 3.04. The largest absolute Gasteiger partial charge is 0.453 e. The van der Waals surface area contributed by atoms with Gasteiger partial charge in [-0.2, -0.15) is 0 Å². The van der Waals surface area contributed by atoms with Crippen molar-refractivity contribution in [3.05, 3.63) is 23.3 Å². The molecule has 0 bridgehead atoms. The number of methoxy groups -OCH3 is 2. The maximum absolute atomic E-state index is 13.0. The van der Waals surface area contributed by atoms with Crippen LogP contribution >= 0.6 is 0 Å². The Balaban J connectivity index is 0.860. The van der Waals surface area contributed by atoms with Gasteiger partial charge in [-0.25, -0.2) is 4.79 Å². The molecule has 21 nitrogen and oxygen atoms in total. The molecule has 4 aliphatic heterocycles. The molecule has 7 fully saturated rings. The Bertz CT molecular complexity index is 1940. The van der Waals surface area contributed by atoms with Crippen LogP contribution in [0.1, 0.15) is 106 Å². The van der Waals surface area contributed by atoms with Crippen LogP contribution in [-0.2, 0) is 56.9 Å². The van der Waals surface area contributed by atoms with Gasteiger partial charge in [-0.15, -0.1) is 0 Å². The molecule has 4 heterocycles. The van der Waals surface area contributed by atoms with Gasteiger partial charge in [0, 0.05) is 31.6 Å². The number of ether oxygens (including phenoxy) is 11. The van der Waals surface area contributed by atoms with Crippen LogP contribution in [-0.4, -0.2) is 214 Å². The molecule has 0 aromatic heterocycles. The predicted molar refractivity (Wildman–Crippen MR) is 254 cm³/mol. The fraction of sp³-hybridized carbons (Fsp3) is 0.904. The van der Waals surface area contributed by atoms with Crippen LogP contribution in [0.3, 0.4) is 0 Å². The minimum atomic E-state index is -1.69. The van der Waals surface area contributed by atoms with Crippen molar-refractivity contribution < 1.29 is 103 Å². The quantitative estimate of drug-likeness (QED) is 0.0617. The lowest BCUT2D eigenvalue weighted by atomic mass is 9.45. The molecule has 73 heavy (non-hydrogen) atoms. The van der Waals surface area contributed by atoms with E-state index in [0.29, 0.717) is 31.3 Å². The minimum Gasteiger partial charge on any atom is -0.453 e. The summed E-state index contributed by atoms with van der Waals surface area (Å²) in [4.78, 5) is 12.6. The SMILES string of the molecule is C/C=C(\C)C(=O)O[C@H]1[C@H](OC)[C@@H](O)[C@H](O[C@@H]2[C@@H](C)O[C@@H](O[C@H]3CC[C@@]4(C)C(=CC[C@@H]5[C@@H]4CC[C@]4(C)[C@@H]([C@H](C)O[C@@H]6O[C@H](CO[C@@H]7O[C@H](CO)[C@H](O)[C@H](O)[C@H]7O)[C@H](O)[C@H](O)[C@H]6O)CC[C@]54O)C3)C[C@H]2OC)O[C@@H]1C. The van der Waals surface area contributed by atoms with E-state index in [-0.39, 0.29) is 29.3 Å². The highest BCUT2D eigenvalue weighted by Crippen LogP contribution is 2.68. The van der Waals surface area contributed by atoms with Crippen molar-refractivity contribution in [2.45, 2.75) is 241 Å². The third-order valence-corrected chi connectivity index (χ3v) is 18.8. The predicted octanol–water partition coefficient (Wildman–Crippen LogP) is 0.629. The van der Waals surface area contributed by atoms with E-state index in [1.165, 1.54) is 12.7 Å². The molecule has 0 unspecified atom stereocenters. The molecule has 9 N–H and O–H groups in total. The molecule has 3 saturated carbocycles. The summed E-state index contributed by atoms with van der Waals surface area (Å²) in [6.07, 6.45) is -12.6. The Morgan fingerprint density at radius 1 is 0.767 bits per heavy atom. The number of fused-ring (bicyclic) bond motifs is 5. The smallest absolute Gasteiger partial charge is 0.333 e. The summed E-state index contributed by atoms with van der Waals surface area (Å²) in [6, 6.07) is 0. The molecule has 27 atom stereocenters. The molecule has 4 saturated heterocycles. The summed E-state index contributed by atoms with van der Waals surface area (Å²) in [5.74, 6) is -0.453. The number of hydrogen-bond acceptors (Lipinski definition) is 21. The summed E-state index contributed by atoms with van der Waals surface area (Å²) in [5, 5.41) is 97.5. The van der Waals surface area contributed by atoms with Crippen LogP contribution in [0.2, 0.25) is 0 Å². The van der Waals surface area contributed by atoms with Crippen molar-refractivity contribution in [2.75, 3.05) is 27.4 Å². The number of aliphatic hydroxyl groups excluding tert-OH is 8. The normalized spacial score (nSPS) is 50.8. The van der Waals surface area contributed by atoms with Gasteiger partial charge >= 0.3 is 5.97 Å². The highest BCUT2D eigenvalue weighted by molar-refractivity contribution is 5.87. The van der Waals surface area contributed by atoms with Crippen molar-refractivity contribution in [1.29, 1.82) is 0 Å². The van der Waals surface area contributed by atoms with Gasteiger partial charge in [-0.3, -0.25) is 0 Å². The molecular weight excluding hydrogens is 961 g/mol. The van der Waals surface area contributed by atoms with Crippen molar-refractivity contribution in [1.82, 2.24) is 0 Å². The first-order chi connectivity index (χ1) is 34.5. The molecule has 0 radical (unpaired) electrons. The molecule has 0 spiro atoms. The Kier molecular flexibility index (Phi) is 18.0. The Morgan fingerprint density at radius 2 is 1.44 bits per heavy atom. The summed E-state index contributed by atoms with van der Waals surface area (Å²) in [6.45, 7) is 12.2. The van der Waals surface area contributed by atoms with Gasteiger partial charge in [0.2, 0.25) is 0 Å². The second-order valence-corrected chi connectivity index (χ2v) is 22.6. The van der Waals surface area contributed by atoms with Gasteiger partial charge in [-0.1, -0.05) is 31.6 Å². The van der Waals surface area contributed by atoms with Gasteiger partial charge in [0.1, 0.15) is 67.1 Å². The maximum atomic E-state index is 13.0. The maximum Gasteiger partial charge on any atom is 0.333 e. The van der Waals surface area contributed by atoms with E-state index < -0.39 is 153 Å². The Morgan fingerprint density at radius 3 is 2.11 bits per heavy atom. The Labute approximate surface area is 427 Å². The third kappa shape index (κ3) is 10.6. The third-order valence-electron chi connectivity index (χ3n) is 18.8.